The zero-order valence-corrected chi connectivity index (χ0v) is 14.1. The minimum atomic E-state index is -0.0268. The van der Waals surface area contributed by atoms with Crippen molar-refractivity contribution in [3.05, 3.63) is 70.0 Å². The highest BCUT2D eigenvalue weighted by molar-refractivity contribution is 6.36. The van der Waals surface area contributed by atoms with Gasteiger partial charge in [-0.3, -0.25) is 0 Å². The van der Waals surface area contributed by atoms with Crippen LogP contribution in [-0.4, -0.2) is 20.2 Å². The Labute approximate surface area is 149 Å². The first-order valence-electron chi connectivity index (χ1n) is 7.25. The van der Waals surface area contributed by atoms with Gasteiger partial charge in [0.1, 0.15) is 0 Å². The lowest BCUT2D eigenvalue weighted by Gasteiger charge is -2.10. The van der Waals surface area contributed by atoms with E-state index in [-0.39, 0.29) is 18.5 Å². The monoisotopic (exact) mass is 360 g/mol. The Morgan fingerprint density at radius 3 is 1.38 bits per heavy atom. The van der Waals surface area contributed by atoms with E-state index in [0.717, 1.165) is 22.3 Å². The molecule has 0 saturated carbocycles. The van der Waals surface area contributed by atoms with E-state index in [1.54, 1.807) is 24.3 Å². The van der Waals surface area contributed by atoms with Crippen molar-refractivity contribution in [3.63, 3.8) is 0 Å². The molecule has 0 aliphatic carbocycles. The molecule has 3 rings (SSSR count). The second kappa shape index (κ2) is 7.28. The van der Waals surface area contributed by atoms with Crippen LogP contribution in [0.2, 0.25) is 10.3 Å². The number of hydrogen-bond acceptors (Lipinski definition) is 4. The molecule has 0 radical (unpaired) electrons. The molecular formula is C18H14Cl2N2O2. The first kappa shape index (κ1) is 16.9. The lowest BCUT2D eigenvalue weighted by Crippen LogP contribution is -1.95. The van der Waals surface area contributed by atoms with Crippen molar-refractivity contribution in [2.45, 2.75) is 13.2 Å². The standard InChI is InChI=1S/C18H14Cl2N2O2/c19-15-16(13-5-1-11(9-23)2-6-13)21-18(20)22-17(15)14-7-3-12(10-24)4-8-14/h1-8,23-24H,9-10H2. The van der Waals surface area contributed by atoms with Crippen LogP contribution in [0, 0.1) is 0 Å². The van der Waals surface area contributed by atoms with Gasteiger partial charge in [-0.15, -0.1) is 0 Å². The van der Waals surface area contributed by atoms with Crippen molar-refractivity contribution in [2.24, 2.45) is 0 Å². The summed E-state index contributed by atoms with van der Waals surface area (Å²) in [5.41, 5.74) is 4.24. The molecule has 1 heterocycles. The van der Waals surface area contributed by atoms with E-state index in [4.69, 9.17) is 33.4 Å². The highest BCUT2D eigenvalue weighted by Gasteiger charge is 2.15. The Morgan fingerprint density at radius 1 is 0.667 bits per heavy atom. The molecule has 0 unspecified atom stereocenters. The van der Waals surface area contributed by atoms with Crippen molar-refractivity contribution in [1.29, 1.82) is 0 Å². The first-order valence-corrected chi connectivity index (χ1v) is 8.01. The Balaban J connectivity index is 2.09. The minimum Gasteiger partial charge on any atom is -0.392 e. The third-order valence-electron chi connectivity index (χ3n) is 3.64. The van der Waals surface area contributed by atoms with Gasteiger partial charge in [-0.2, -0.15) is 0 Å². The van der Waals surface area contributed by atoms with E-state index in [0.29, 0.717) is 16.4 Å². The summed E-state index contributed by atoms with van der Waals surface area (Å²) >= 11 is 12.6. The molecule has 2 aromatic carbocycles. The fraction of sp³-hybridized carbons (Fsp3) is 0.111. The first-order chi connectivity index (χ1) is 11.6. The molecule has 0 aliphatic heterocycles. The summed E-state index contributed by atoms with van der Waals surface area (Å²) in [5.74, 6) is 0. The predicted molar refractivity (Wildman–Crippen MR) is 94.8 cm³/mol. The van der Waals surface area contributed by atoms with Crippen LogP contribution in [-0.2, 0) is 13.2 Å². The molecular weight excluding hydrogens is 347 g/mol. The number of benzene rings is 2. The average Bonchev–Trinajstić information content (AvgIpc) is 2.63. The molecule has 1 aromatic heterocycles. The molecule has 122 valence electrons. The lowest BCUT2D eigenvalue weighted by atomic mass is 10.1. The molecule has 0 spiro atoms. The van der Waals surface area contributed by atoms with Crippen LogP contribution >= 0.6 is 23.2 Å². The molecule has 0 aliphatic rings. The highest BCUT2D eigenvalue weighted by atomic mass is 35.5. The molecule has 6 heteroatoms. The fourth-order valence-electron chi connectivity index (χ4n) is 2.34. The summed E-state index contributed by atoms with van der Waals surface area (Å²) in [6, 6.07) is 14.5. The van der Waals surface area contributed by atoms with E-state index < -0.39 is 0 Å². The van der Waals surface area contributed by atoms with Crippen LogP contribution in [0.3, 0.4) is 0 Å². The van der Waals surface area contributed by atoms with E-state index in [9.17, 15) is 0 Å². The molecule has 2 N–H and O–H groups in total. The maximum Gasteiger partial charge on any atom is 0.223 e. The van der Waals surface area contributed by atoms with Crippen LogP contribution in [0.5, 0.6) is 0 Å². The van der Waals surface area contributed by atoms with Gasteiger partial charge in [0.05, 0.1) is 29.6 Å². The van der Waals surface area contributed by atoms with Crippen molar-refractivity contribution < 1.29 is 10.2 Å². The van der Waals surface area contributed by atoms with E-state index in [1.165, 1.54) is 0 Å². The van der Waals surface area contributed by atoms with Crippen LogP contribution in [0.4, 0.5) is 0 Å². The maximum absolute atomic E-state index is 9.14. The van der Waals surface area contributed by atoms with Gasteiger partial charge in [0, 0.05) is 11.1 Å². The Kier molecular flexibility index (Phi) is 5.11. The van der Waals surface area contributed by atoms with Crippen LogP contribution in [0.15, 0.2) is 48.5 Å². The molecule has 0 bridgehead atoms. The molecule has 24 heavy (non-hydrogen) atoms. The number of rotatable bonds is 4. The van der Waals surface area contributed by atoms with Gasteiger partial charge in [-0.25, -0.2) is 9.97 Å². The summed E-state index contributed by atoms with van der Waals surface area (Å²) in [6.45, 7) is -0.0536. The van der Waals surface area contributed by atoms with Crippen LogP contribution in [0.25, 0.3) is 22.5 Å². The number of nitrogens with zero attached hydrogens (tertiary/aromatic N) is 2. The van der Waals surface area contributed by atoms with Gasteiger partial charge < -0.3 is 10.2 Å². The number of aliphatic hydroxyl groups excluding tert-OH is 2. The maximum atomic E-state index is 9.14. The van der Waals surface area contributed by atoms with Gasteiger partial charge in [0.25, 0.3) is 0 Å². The van der Waals surface area contributed by atoms with E-state index >= 15 is 0 Å². The molecule has 4 nitrogen and oxygen atoms in total. The van der Waals surface area contributed by atoms with Gasteiger partial charge in [0.2, 0.25) is 5.28 Å². The van der Waals surface area contributed by atoms with Crippen LogP contribution in [0.1, 0.15) is 11.1 Å². The van der Waals surface area contributed by atoms with Gasteiger partial charge >= 0.3 is 0 Å². The molecule has 0 saturated heterocycles. The largest absolute Gasteiger partial charge is 0.392 e. The molecule has 0 fully saturated rings. The van der Waals surface area contributed by atoms with Gasteiger partial charge in [-0.05, 0) is 22.7 Å². The second-order valence-corrected chi connectivity index (χ2v) is 5.93. The van der Waals surface area contributed by atoms with Crippen molar-refractivity contribution in [2.75, 3.05) is 0 Å². The van der Waals surface area contributed by atoms with E-state index in [2.05, 4.69) is 9.97 Å². The van der Waals surface area contributed by atoms with Crippen LogP contribution < -0.4 is 0 Å². The Morgan fingerprint density at radius 2 is 1.04 bits per heavy atom. The topological polar surface area (TPSA) is 66.2 Å². The zero-order valence-electron chi connectivity index (χ0n) is 12.6. The average molecular weight is 361 g/mol. The highest BCUT2D eigenvalue weighted by Crippen LogP contribution is 2.35. The third-order valence-corrected chi connectivity index (χ3v) is 4.17. The smallest absolute Gasteiger partial charge is 0.223 e. The van der Waals surface area contributed by atoms with Crippen molar-refractivity contribution >= 4 is 23.2 Å². The lowest BCUT2D eigenvalue weighted by molar-refractivity contribution is 0.281. The number of halogens is 2. The Bertz CT molecular complexity index is 781. The fourth-order valence-corrected chi connectivity index (χ4v) is 2.81. The number of hydrogen-bond donors (Lipinski definition) is 2. The van der Waals surface area contributed by atoms with E-state index in [1.807, 2.05) is 24.3 Å². The summed E-state index contributed by atoms with van der Waals surface area (Å²) < 4.78 is 0. The molecule has 3 aromatic rings. The molecule has 0 amide bonds. The van der Waals surface area contributed by atoms with Gasteiger partial charge in [-0.1, -0.05) is 60.1 Å². The van der Waals surface area contributed by atoms with Gasteiger partial charge in [0.15, 0.2) is 0 Å². The normalized spacial score (nSPS) is 10.8. The zero-order chi connectivity index (χ0) is 17.1. The third kappa shape index (κ3) is 3.42. The predicted octanol–water partition coefficient (Wildman–Crippen LogP) is 4.10. The SMILES string of the molecule is OCc1ccc(-c2nc(Cl)nc(-c3ccc(CO)cc3)c2Cl)cc1. The molecule has 0 atom stereocenters. The summed E-state index contributed by atoms with van der Waals surface area (Å²) in [5, 5.41) is 18.8. The van der Waals surface area contributed by atoms with Crippen molar-refractivity contribution in [3.8, 4) is 22.5 Å². The minimum absolute atomic E-state index is 0.0268. The number of aromatic nitrogens is 2. The summed E-state index contributed by atoms with van der Waals surface area (Å²) in [7, 11) is 0. The second-order valence-electron chi connectivity index (χ2n) is 5.21. The van der Waals surface area contributed by atoms with Crippen molar-refractivity contribution in [1.82, 2.24) is 9.97 Å². The quantitative estimate of drug-likeness (QED) is 0.687. The Hall–Kier alpha value is -1.98. The summed E-state index contributed by atoms with van der Waals surface area (Å²) in [4.78, 5) is 8.48. The summed E-state index contributed by atoms with van der Waals surface area (Å²) in [6.07, 6.45) is 0. The number of aliphatic hydroxyl groups is 2.